The number of hydrogen-bond acceptors (Lipinski definition) is 2. The summed E-state index contributed by atoms with van der Waals surface area (Å²) in [7, 11) is 0. The van der Waals surface area contributed by atoms with Gasteiger partial charge in [-0.2, -0.15) is 0 Å². The summed E-state index contributed by atoms with van der Waals surface area (Å²) in [6, 6.07) is 13.7. The number of nitrogens with one attached hydrogen (secondary N) is 1. The Morgan fingerprint density at radius 3 is 2.79 bits per heavy atom. The van der Waals surface area contributed by atoms with Gasteiger partial charge in [0, 0.05) is 20.9 Å². The number of halogens is 1. The van der Waals surface area contributed by atoms with Gasteiger partial charge in [0.1, 0.15) is 5.75 Å². The normalized spacial score (nSPS) is 10.8. The van der Waals surface area contributed by atoms with Crippen LogP contribution < -0.4 is 10.1 Å². The van der Waals surface area contributed by atoms with Gasteiger partial charge in [-0.25, -0.2) is 0 Å². The first kappa shape index (κ1) is 18.5. The smallest absolute Gasteiger partial charge is 0.248 e. The molecule has 0 unspecified atom stereocenters. The zero-order chi connectivity index (χ0) is 17.4. The van der Waals surface area contributed by atoms with E-state index in [0.717, 1.165) is 39.0 Å². The summed E-state index contributed by atoms with van der Waals surface area (Å²) in [6.07, 6.45) is 5.44. The first-order valence-corrected chi connectivity index (χ1v) is 9.15. The molecule has 0 aliphatic heterocycles. The number of hydrogen-bond donors (Lipinski definition) is 1. The number of rotatable bonds is 7. The summed E-state index contributed by atoms with van der Waals surface area (Å²) in [5.74, 6) is 0.656. The van der Waals surface area contributed by atoms with Crippen LogP contribution in [0.25, 0.3) is 6.08 Å². The number of ether oxygens (including phenoxy) is 1. The van der Waals surface area contributed by atoms with Crippen molar-refractivity contribution in [3.05, 3.63) is 63.2 Å². The molecule has 2 aromatic rings. The first-order chi connectivity index (χ1) is 11.6. The fourth-order valence-corrected chi connectivity index (χ4v) is 2.83. The molecule has 1 amide bonds. The van der Waals surface area contributed by atoms with Gasteiger partial charge < -0.3 is 10.1 Å². The number of para-hydroxylation sites is 1. The van der Waals surface area contributed by atoms with Gasteiger partial charge in [-0.05, 0) is 71.8 Å². The second kappa shape index (κ2) is 9.47. The number of anilines is 1. The summed E-state index contributed by atoms with van der Waals surface area (Å²) >= 11 is 2.26. The Bertz CT molecular complexity index is 725. The van der Waals surface area contributed by atoms with Crippen LogP contribution in [0.2, 0.25) is 0 Å². The van der Waals surface area contributed by atoms with E-state index in [-0.39, 0.29) is 5.91 Å². The predicted octanol–water partition coefficient (Wildman–Crippen LogP) is 5.43. The van der Waals surface area contributed by atoms with Gasteiger partial charge >= 0.3 is 0 Å². The molecule has 0 aromatic heterocycles. The van der Waals surface area contributed by atoms with Gasteiger partial charge in [0.2, 0.25) is 5.91 Å². The molecule has 4 heteroatoms. The summed E-state index contributed by atoms with van der Waals surface area (Å²) in [6.45, 7) is 4.81. The van der Waals surface area contributed by atoms with Crippen LogP contribution in [-0.4, -0.2) is 12.5 Å². The highest BCUT2D eigenvalue weighted by Crippen LogP contribution is 2.21. The van der Waals surface area contributed by atoms with E-state index in [9.17, 15) is 4.79 Å². The Balaban J connectivity index is 2.03. The largest absolute Gasteiger partial charge is 0.493 e. The maximum atomic E-state index is 12.2. The second-order valence-electron chi connectivity index (χ2n) is 5.52. The number of carbonyl (C=O) groups excluding carboxylic acids is 1. The van der Waals surface area contributed by atoms with Gasteiger partial charge in [0.25, 0.3) is 0 Å². The van der Waals surface area contributed by atoms with Crippen molar-refractivity contribution in [3.8, 4) is 5.75 Å². The molecule has 0 fully saturated rings. The number of benzene rings is 2. The quantitative estimate of drug-likeness (QED) is 0.358. The van der Waals surface area contributed by atoms with Crippen LogP contribution in [0.4, 0.5) is 5.69 Å². The molecule has 3 nitrogen and oxygen atoms in total. The fourth-order valence-electron chi connectivity index (χ4n) is 2.18. The lowest BCUT2D eigenvalue weighted by Gasteiger charge is -2.09. The van der Waals surface area contributed by atoms with Crippen LogP contribution in [-0.2, 0) is 4.79 Å². The molecule has 0 heterocycles. The van der Waals surface area contributed by atoms with Gasteiger partial charge in [-0.1, -0.05) is 31.5 Å². The Hall–Kier alpha value is -1.82. The van der Waals surface area contributed by atoms with Crippen LogP contribution in [0.15, 0.2) is 48.5 Å². The first-order valence-electron chi connectivity index (χ1n) is 8.07. The van der Waals surface area contributed by atoms with Gasteiger partial charge in [-0.3, -0.25) is 4.79 Å². The van der Waals surface area contributed by atoms with Crippen molar-refractivity contribution >= 4 is 40.3 Å². The van der Waals surface area contributed by atoms with Crippen LogP contribution >= 0.6 is 22.6 Å². The number of unbranched alkanes of at least 4 members (excludes halogenated alkanes) is 1. The van der Waals surface area contributed by atoms with E-state index in [2.05, 4.69) is 34.8 Å². The fraction of sp³-hybridized carbons (Fsp3) is 0.250. The van der Waals surface area contributed by atoms with Crippen LogP contribution in [0.1, 0.15) is 30.9 Å². The third kappa shape index (κ3) is 5.67. The zero-order valence-electron chi connectivity index (χ0n) is 14.0. The van der Waals surface area contributed by atoms with Crippen molar-refractivity contribution in [2.24, 2.45) is 0 Å². The third-order valence-electron chi connectivity index (χ3n) is 3.54. The molecule has 0 aliphatic carbocycles. The van der Waals surface area contributed by atoms with E-state index >= 15 is 0 Å². The number of aryl methyl sites for hydroxylation is 1. The van der Waals surface area contributed by atoms with Crippen molar-refractivity contribution in [2.75, 3.05) is 11.9 Å². The lowest BCUT2D eigenvalue weighted by Crippen LogP contribution is -2.09. The molecule has 2 rings (SSSR count). The monoisotopic (exact) mass is 435 g/mol. The maximum Gasteiger partial charge on any atom is 0.248 e. The predicted molar refractivity (Wildman–Crippen MR) is 108 cm³/mol. The average molecular weight is 435 g/mol. The van der Waals surface area contributed by atoms with Crippen molar-refractivity contribution in [1.82, 2.24) is 0 Å². The zero-order valence-corrected chi connectivity index (χ0v) is 16.2. The lowest BCUT2D eigenvalue weighted by atomic mass is 10.1. The molecular weight excluding hydrogens is 413 g/mol. The summed E-state index contributed by atoms with van der Waals surface area (Å²) in [5.41, 5.74) is 2.78. The molecule has 0 aliphatic rings. The third-order valence-corrected chi connectivity index (χ3v) is 4.21. The minimum atomic E-state index is -0.150. The van der Waals surface area contributed by atoms with E-state index in [1.54, 1.807) is 12.2 Å². The van der Waals surface area contributed by atoms with Crippen molar-refractivity contribution in [3.63, 3.8) is 0 Å². The Morgan fingerprint density at radius 2 is 2.04 bits per heavy atom. The molecule has 126 valence electrons. The van der Waals surface area contributed by atoms with Crippen LogP contribution in [0, 0.1) is 10.5 Å². The minimum absolute atomic E-state index is 0.150. The second-order valence-corrected chi connectivity index (χ2v) is 6.77. The summed E-state index contributed by atoms with van der Waals surface area (Å²) in [5, 5.41) is 2.91. The van der Waals surface area contributed by atoms with Crippen molar-refractivity contribution in [1.29, 1.82) is 0 Å². The number of amides is 1. The van der Waals surface area contributed by atoms with Crippen LogP contribution in [0.5, 0.6) is 5.75 Å². The van der Waals surface area contributed by atoms with Crippen LogP contribution in [0.3, 0.4) is 0 Å². The van der Waals surface area contributed by atoms with Gasteiger partial charge in [-0.15, -0.1) is 0 Å². The van der Waals surface area contributed by atoms with E-state index < -0.39 is 0 Å². The van der Waals surface area contributed by atoms with Crippen molar-refractivity contribution < 1.29 is 9.53 Å². The average Bonchev–Trinajstić information content (AvgIpc) is 2.57. The highest BCUT2D eigenvalue weighted by atomic mass is 127. The Kier molecular flexibility index (Phi) is 7.31. The SMILES string of the molecule is CCCCOc1ccccc1C=CC(=O)Nc1ccc(I)cc1C. The molecule has 24 heavy (non-hydrogen) atoms. The topological polar surface area (TPSA) is 38.3 Å². The molecule has 0 saturated carbocycles. The van der Waals surface area contributed by atoms with Gasteiger partial charge in [0.05, 0.1) is 6.61 Å². The van der Waals surface area contributed by atoms with E-state index in [1.165, 1.54) is 0 Å². The minimum Gasteiger partial charge on any atom is -0.493 e. The standard InChI is InChI=1S/C20H22INO2/c1-3-4-13-24-19-8-6-5-7-16(19)9-12-20(23)22-18-11-10-17(21)14-15(18)2/h5-12,14H,3-4,13H2,1-2H3,(H,22,23). The highest BCUT2D eigenvalue weighted by Gasteiger charge is 2.04. The van der Waals surface area contributed by atoms with Gasteiger partial charge in [0.15, 0.2) is 0 Å². The molecule has 0 radical (unpaired) electrons. The molecule has 0 spiro atoms. The molecular formula is C20H22INO2. The molecule has 0 bridgehead atoms. The van der Waals surface area contributed by atoms with Crippen molar-refractivity contribution in [2.45, 2.75) is 26.7 Å². The Labute approximate surface area is 157 Å². The highest BCUT2D eigenvalue weighted by molar-refractivity contribution is 14.1. The number of carbonyl (C=O) groups is 1. The molecule has 1 N–H and O–H groups in total. The molecule has 0 saturated heterocycles. The van der Waals surface area contributed by atoms with E-state index in [1.807, 2.05) is 49.4 Å². The van der Waals surface area contributed by atoms with E-state index in [4.69, 9.17) is 4.74 Å². The molecule has 2 aromatic carbocycles. The molecule has 0 atom stereocenters. The lowest BCUT2D eigenvalue weighted by molar-refractivity contribution is -0.111. The maximum absolute atomic E-state index is 12.2. The van der Waals surface area contributed by atoms with E-state index in [0.29, 0.717) is 6.61 Å². The summed E-state index contributed by atoms with van der Waals surface area (Å²) < 4.78 is 6.93. The summed E-state index contributed by atoms with van der Waals surface area (Å²) in [4.78, 5) is 12.2. The Morgan fingerprint density at radius 1 is 1.25 bits per heavy atom.